The maximum atomic E-state index is 11.7. The summed E-state index contributed by atoms with van der Waals surface area (Å²) in [5, 5.41) is 9.81. The summed E-state index contributed by atoms with van der Waals surface area (Å²) < 4.78 is 0. The van der Waals surface area contributed by atoms with Crippen molar-refractivity contribution in [3.8, 4) is 0 Å². The maximum Gasteiger partial charge on any atom is 0.301 e. The van der Waals surface area contributed by atoms with E-state index < -0.39 is 11.3 Å². The molecule has 0 radical (unpaired) electrons. The van der Waals surface area contributed by atoms with E-state index in [1.165, 1.54) is 18.4 Å². The topological polar surface area (TPSA) is 40.5 Å². The molecule has 0 spiro atoms. The zero-order chi connectivity index (χ0) is 18.3. The van der Waals surface area contributed by atoms with Crippen molar-refractivity contribution >= 4 is 50.2 Å². The van der Waals surface area contributed by atoms with Gasteiger partial charge in [0.1, 0.15) is 7.85 Å². The quantitative estimate of drug-likeness (QED) is 0.560. The van der Waals surface area contributed by atoms with Gasteiger partial charge in [-0.15, -0.1) is 24.8 Å². The van der Waals surface area contributed by atoms with E-state index in [1.54, 1.807) is 0 Å². The molecule has 1 atom stereocenters. The summed E-state index contributed by atoms with van der Waals surface area (Å²) in [7, 11) is 1.91. The Morgan fingerprint density at radius 1 is 1.22 bits per heavy atom. The second-order valence-electron chi connectivity index (χ2n) is 7.83. The number of piperidine rings is 1. The van der Waals surface area contributed by atoms with Gasteiger partial charge in [-0.2, -0.15) is 0 Å². The minimum absolute atomic E-state index is 0. The Kier molecular flexibility index (Phi) is 12.7. The number of halogens is 3. The van der Waals surface area contributed by atoms with Gasteiger partial charge in [-0.05, 0) is 75.4 Å². The van der Waals surface area contributed by atoms with Gasteiger partial charge in [0.05, 0.1) is 0 Å². The van der Waals surface area contributed by atoms with E-state index in [-0.39, 0.29) is 24.8 Å². The minimum Gasteiger partial charge on any atom is -0.481 e. The molecule has 0 saturated carbocycles. The Morgan fingerprint density at radius 3 is 2.33 bits per heavy atom. The second-order valence-corrected chi connectivity index (χ2v) is 8.27. The Morgan fingerprint density at radius 2 is 1.81 bits per heavy atom. The smallest absolute Gasteiger partial charge is 0.301 e. The van der Waals surface area contributed by atoms with Gasteiger partial charge in [0.25, 0.3) is 0 Å². The van der Waals surface area contributed by atoms with Crippen molar-refractivity contribution in [3.63, 3.8) is 0 Å². The lowest BCUT2D eigenvalue weighted by atomic mass is 9.63. The molecule has 1 fully saturated rings. The zero-order valence-corrected chi connectivity index (χ0v) is 18.8. The van der Waals surface area contributed by atoms with Crippen LogP contribution in [-0.4, -0.2) is 43.5 Å². The number of nitrogens with zero attached hydrogens (tertiary/aromatic N) is 1. The molecular formula is C20H33BCl3NO2. The largest absolute Gasteiger partial charge is 0.481 e. The number of carbonyl (C=O) groups is 1. The van der Waals surface area contributed by atoms with Crippen molar-refractivity contribution in [1.29, 1.82) is 0 Å². The van der Waals surface area contributed by atoms with Gasteiger partial charge in [0.2, 0.25) is 0 Å². The first-order valence-corrected chi connectivity index (χ1v) is 10.0. The summed E-state index contributed by atoms with van der Waals surface area (Å²) in [6.45, 7) is 5.19. The molecule has 1 saturated heterocycles. The Bertz CT molecular complexity index is 551. The molecule has 154 valence electrons. The number of aliphatic carboxylic acids is 1. The summed E-state index contributed by atoms with van der Waals surface area (Å²) in [6, 6.07) is 8.19. The SMILES string of the molecule is BC(CCCC)(CCN1CCC(Cc2ccc(Cl)cc2)CC1)C(=O)O.Cl.Cl. The van der Waals surface area contributed by atoms with Crippen molar-refractivity contribution in [2.24, 2.45) is 5.92 Å². The number of carboxylic acids is 1. The van der Waals surface area contributed by atoms with E-state index in [1.807, 2.05) is 20.0 Å². The number of carboxylic acid groups (broad SMARTS) is 1. The maximum absolute atomic E-state index is 11.7. The zero-order valence-electron chi connectivity index (χ0n) is 16.5. The van der Waals surface area contributed by atoms with Crippen molar-refractivity contribution < 1.29 is 9.90 Å². The number of likely N-dealkylation sites (tertiary alicyclic amines) is 1. The first-order chi connectivity index (χ1) is 11.9. The molecule has 1 unspecified atom stereocenters. The fraction of sp³-hybridized carbons (Fsp3) is 0.650. The molecule has 1 heterocycles. The normalized spacial score (nSPS) is 17.4. The molecule has 1 aromatic carbocycles. The summed E-state index contributed by atoms with van der Waals surface area (Å²) >= 11 is 5.95. The number of unbranched alkanes of at least 4 members (excludes halogenated alkanes) is 1. The number of hydrogen-bond donors (Lipinski definition) is 1. The summed E-state index contributed by atoms with van der Waals surface area (Å²) in [4.78, 5) is 14.1. The molecule has 0 bridgehead atoms. The van der Waals surface area contributed by atoms with Crippen LogP contribution in [0.4, 0.5) is 0 Å². The standard InChI is InChI=1S/C20H31BClNO2.2ClH/c1-2-3-10-20(21,19(24)25)11-14-23-12-8-17(9-13-23)15-16-4-6-18(22)7-5-16;;/h4-7,17H,2-3,8-15,21H2,1H3,(H,24,25);2*1H. The highest BCUT2D eigenvalue weighted by Crippen LogP contribution is 2.34. The van der Waals surface area contributed by atoms with Crippen LogP contribution in [0.25, 0.3) is 0 Å². The van der Waals surface area contributed by atoms with Gasteiger partial charge in [-0.25, -0.2) is 0 Å². The van der Waals surface area contributed by atoms with Crippen LogP contribution < -0.4 is 0 Å². The van der Waals surface area contributed by atoms with Gasteiger partial charge in [-0.3, -0.25) is 4.79 Å². The van der Waals surface area contributed by atoms with Crippen LogP contribution in [0.15, 0.2) is 24.3 Å². The summed E-state index contributed by atoms with van der Waals surface area (Å²) in [5.74, 6) is 0.0851. The molecule has 1 aliphatic rings. The van der Waals surface area contributed by atoms with E-state index in [0.29, 0.717) is 0 Å². The lowest BCUT2D eigenvalue weighted by Crippen LogP contribution is -2.37. The predicted molar refractivity (Wildman–Crippen MR) is 122 cm³/mol. The Balaban J connectivity index is 0.00000338. The summed E-state index contributed by atoms with van der Waals surface area (Å²) in [5.41, 5.74) is 1.36. The summed E-state index contributed by atoms with van der Waals surface area (Å²) in [6.07, 6.45) is 7.10. The Labute approximate surface area is 182 Å². The molecule has 0 aliphatic carbocycles. The van der Waals surface area contributed by atoms with Crippen LogP contribution >= 0.6 is 36.4 Å². The van der Waals surface area contributed by atoms with Gasteiger partial charge < -0.3 is 10.0 Å². The molecule has 1 aliphatic heterocycles. The van der Waals surface area contributed by atoms with E-state index in [4.69, 9.17) is 11.6 Å². The third-order valence-corrected chi connectivity index (χ3v) is 5.97. The van der Waals surface area contributed by atoms with Crippen LogP contribution in [0.2, 0.25) is 10.3 Å². The monoisotopic (exact) mass is 435 g/mol. The first kappa shape index (κ1) is 26.6. The van der Waals surface area contributed by atoms with Crippen molar-refractivity contribution in [3.05, 3.63) is 34.9 Å². The fourth-order valence-electron chi connectivity index (χ4n) is 3.68. The van der Waals surface area contributed by atoms with E-state index in [0.717, 1.165) is 62.7 Å². The number of hydrogen-bond acceptors (Lipinski definition) is 2. The van der Waals surface area contributed by atoms with Crippen LogP contribution in [0.1, 0.15) is 51.0 Å². The van der Waals surface area contributed by atoms with Crippen LogP contribution in [0.5, 0.6) is 0 Å². The molecule has 7 heteroatoms. The van der Waals surface area contributed by atoms with Gasteiger partial charge >= 0.3 is 5.97 Å². The minimum atomic E-state index is -0.640. The van der Waals surface area contributed by atoms with Crippen LogP contribution in [-0.2, 0) is 11.2 Å². The lowest BCUT2D eigenvalue weighted by molar-refractivity contribution is -0.141. The van der Waals surface area contributed by atoms with E-state index in [2.05, 4.69) is 24.0 Å². The highest BCUT2D eigenvalue weighted by atomic mass is 35.5. The lowest BCUT2D eigenvalue weighted by Gasteiger charge is -2.34. The Hall–Kier alpha value is -0.415. The van der Waals surface area contributed by atoms with Crippen molar-refractivity contribution in [2.75, 3.05) is 19.6 Å². The van der Waals surface area contributed by atoms with E-state index in [9.17, 15) is 9.90 Å². The fourth-order valence-corrected chi connectivity index (χ4v) is 3.80. The first-order valence-electron chi connectivity index (χ1n) is 9.63. The number of benzene rings is 1. The van der Waals surface area contributed by atoms with Crippen LogP contribution in [0, 0.1) is 5.92 Å². The molecule has 1 N–H and O–H groups in total. The number of rotatable bonds is 9. The van der Waals surface area contributed by atoms with E-state index >= 15 is 0 Å². The van der Waals surface area contributed by atoms with Crippen molar-refractivity contribution in [2.45, 2.75) is 57.2 Å². The molecule has 1 aromatic rings. The highest BCUT2D eigenvalue weighted by molar-refractivity contribution is 6.30. The van der Waals surface area contributed by atoms with Crippen LogP contribution in [0.3, 0.4) is 0 Å². The van der Waals surface area contributed by atoms with Crippen molar-refractivity contribution in [1.82, 2.24) is 4.90 Å². The van der Waals surface area contributed by atoms with Gasteiger partial charge in [0.15, 0.2) is 0 Å². The third kappa shape index (κ3) is 8.64. The predicted octanol–water partition coefficient (Wildman–Crippen LogP) is 4.89. The molecule has 27 heavy (non-hydrogen) atoms. The second kappa shape index (κ2) is 12.9. The molecule has 0 amide bonds. The highest BCUT2D eigenvalue weighted by Gasteiger charge is 2.33. The average Bonchev–Trinajstić information content (AvgIpc) is 2.61. The molecule has 2 rings (SSSR count). The third-order valence-electron chi connectivity index (χ3n) is 5.72. The molecular weight excluding hydrogens is 403 g/mol. The van der Waals surface area contributed by atoms with Gasteiger partial charge in [-0.1, -0.05) is 43.5 Å². The molecule has 0 aromatic heterocycles. The van der Waals surface area contributed by atoms with Gasteiger partial charge in [0, 0.05) is 10.3 Å². The average molecular weight is 437 g/mol. The molecule has 3 nitrogen and oxygen atoms in total.